The molecule has 3 N–H and O–H groups in total. The lowest BCUT2D eigenvalue weighted by Gasteiger charge is -2.17. The summed E-state index contributed by atoms with van der Waals surface area (Å²) in [6.45, 7) is 4.66. The number of benzene rings is 1. The molecule has 1 saturated heterocycles. The van der Waals surface area contributed by atoms with Crippen LogP contribution >= 0.6 is 0 Å². The van der Waals surface area contributed by atoms with Gasteiger partial charge < -0.3 is 15.6 Å². The number of rotatable bonds is 7. The topological polar surface area (TPSA) is 58.7 Å². The van der Waals surface area contributed by atoms with E-state index in [0.29, 0.717) is 25.7 Å². The van der Waals surface area contributed by atoms with E-state index in [1.807, 2.05) is 24.3 Å². The molecular weight excluding hydrogens is 240 g/mol. The zero-order valence-corrected chi connectivity index (χ0v) is 11.4. The Bertz CT molecular complexity index is 384. The number of hydrogen-bond donors (Lipinski definition) is 2. The Balaban J connectivity index is 1.72. The van der Waals surface area contributed by atoms with Crippen LogP contribution in [0, 0.1) is 5.92 Å². The van der Waals surface area contributed by atoms with Gasteiger partial charge in [-0.15, -0.1) is 0 Å². The van der Waals surface area contributed by atoms with Crippen molar-refractivity contribution in [3.05, 3.63) is 29.8 Å². The Morgan fingerprint density at radius 3 is 3.00 bits per heavy atom. The lowest BCUT2D eigenvalue weighted by atomic mass is 10.1. The molecular formula is C15H24N2O2. The zero-order valence-electron chi connectivity index (χ0n) is 11.4. The molecule has 1 unspecified atom stereocenters. The summed E-state index contributed by atoms with van der Waals surface area (Å²) in [7, 11) is 0. The lowest BCUT2D eigenvalue weighted by Crippen LogP contribution is -2.26. The Labute approximate surface area is 115 Å². The highest BCUT2D eigenvalue weighted by Crippen LogP contribution is 2.20. The maximum absolute atomic E-state index is 8.94. The van der Waals surface area contributed by atoms with Crippen LogP contribution in [0.4, 0.5) is 0 Å². The molecule has 0 spiro atoms. The first-order valence-corrected chi connectivity index (χ1v) is 7.07. The number of ether oxygens (including phenoxy) is 1. The molecule has 0 aromatic heterocycles. The Morgan fingerprint density at radius 2 is 2.21 bits per heavy atom. The van der Waals surface area contributed by atoms with Crippen LogP contribution < -0.4 is 10.5 Å². The first kappa shape index (κ1) is 14.3. The molecule has 1 aromatic rings. The van der Waals surface area contributed by atoms with Gasteiger partial charge in [-0.25, -0.2) is 0 Å². The van der Waals surface area contributed by atoms with Gasteiger partial charge >= 0.3 is 0 Å². The molecule has 1 atom stereocenters. The largest absolute Gasteiger partial charge is 0.492 e. The fourth-order valence-corrected chi connectivity index (χ4v) is 2.63. The summed E-state index contributed by atoms with van der Waals surface area (Å²) < 4.78 is 5.81. The third kappa shape index (κ3) is 4.20. The van der Waals surface area contributed by atoms with Crippen LogP contribution in [-0.2, 0) is 6.54 Å². The Morgan fingerprint density at radius 1 is 1.37 bits per heavy atom. The van der Waals surface area contributed by atoms with Crippen molar-refractivity contribution in [1.82, 2.24) is 4.90 Å². The summed E-state index contributed by atoms with van der Waals surface area (Å²) in [5.74, 6) is 1.55. The molecule has 1 heterocycles. The second-order valence-electron chi connectivity index (χ2n) is 5.13. The van der Waals surface area contributed by atoms with Crippen molar-refractivity contribution >= 4 is 0 Å². The van der Waals surface area contributed by atoms with E-state index in [1.54, 1.807) is 0 Å². The molecule has 0 saturated carbocycles. The summed E-state index contributed by atoms with van der Waals surface area (Å²) in [5, 5.41) is 8.94. The molecule has 0 aliphatic carbocycles. The molecule has 1 aliphatic heterocycles. The van der Waals surface area contributed by atoms with E-state index in [0.717, 1.165) is 37.4 Å². The van der Waals surface area contributed by atoms with Crippen LogP contribution in [0.2, 0.25) is 0 Å². The standard InChI is InChI=1S/C15H24N2O2/c16-11-14-3-1-2-4-15(14)19-10-8-17-7-5-13(12-17)6-9-18/h1-4,13,18H,5-12,16H2. The molecule has 1 aliphatic rings. The van der Waals surface area contributed by atoms with Gasteiger partial charge in [0.2, 0.25) is 0 Å². The van der Waals surface area contributed by atoms with Gasteiger partial charge in [-0.3, -0.25) is 4.90 Å². The van der Waals surface area contributed by atoms with Crippen molar-refractivity contribution in [1.29, 1.82) is 0 Å². The van der Waals surface area contributed by atoms with Crippen LogP contribution in [0.15, 0.2) is 24.3 Å². The normalized spacial score (nSPS) is 19.8. The number of hydrogen-bond acceptors (Lipinski definition) is 4. The fraction of sp³-hybridized carbons (Fsp3) is 0.600. The van der Waals surface area contributed by atoms with Gasteiger partial charge in [0.15, 0.2) is 0 Å². The summed E-state index contributed by atoms with van der Waals surface area (Å²) in [6, 6.07) is 7.93. The van der Waals surface area contributed by atoms with Crippen molar-refractivity contribution in [2.75, 3.05) is 32.8 Å². The van der Waals surface area contributed by atoms with E-state index in [4.69, 9.17) is 15.6 Å². The molecule has 1 aromatic carbocycles. The predicted octanol–water partition coefficient (Wildman–Crippen LogP) is 1.23. The van der Waals surface area contributed by atoms with Crippen LogP contribution in [-0.4, -0.2) is 42.9 Å². The van der Waals surface area contributed by atoms with E-state index in [1.165, 1.54) is 6.42 Å². The van der Waals surface area contributed by atoms with Crippen LogP contribution in [0.1, 0.15) is 18.4 Å². The minimum Gasteiger partial charge on any atom is -0.492 e. The molecule has 1 fully saturated rings. The molecule has 4 heteroatoms. The van der Waals surface area contributed by atoms with Gasteiger partial charge in [0.1, 0.15) is 12.4 Å². The van der Waals surface area contributed by atoms with Gasteiger partial charge in [0, 0.05) is 31.8 Å². The maximum atomic E-state index is 8.94. The second-order valence-corrected chi connectivity index (χ2v) is 5.13. The number of nitrogens with zero attached hydrogens (tertiary/aromatic N) is 1. The highest BCUT2D eigenvalue weighted by Gasteiger charge is 2.21. The van der Waals surface area contributed by atoms with Crippen LogP contribution in [0.3, 0.4) is 0 Å². The van der Waals surface area contributed by atoms with Gasteiger partial charge in [0.25, 0.3) is 0 Å². The van der Waals surface area contributed by atoms with Gasteiger partial charge in [-0.2, -0.15) is 0 Å². The van der Waals surface area contributed by atoms with Crippen LogP contribution in [0.25, 0.3) is 0 Å². The predicted molar refractivity (Wildman–Crippen MR) is 76.1 cm³/mol. The summed E-state index contributed by atoms with van der Waals surface area (Å²) in [5.41, 5.74) is 6.74. The molecule has 0 radical (unpaired) electrons. The Hall–Kier alpha value is -1.10. The summed E-state index contributed by atoms with van der Waals surface area (Å²) in [6.07, 6.45) is 2.12. The van der Waals surface area contributed by atoms with Crippen molar-refractivity contribution in [3.8, 4) is 5.75 Å². The molecule has 2 rings (SSSR count). The van der Waals surface area contributed by atoms with Crippen LogP contribution in [0.5, 0.6) is 5.75 Å². The highest BCUT2D eigenvalue weighted by atomic mass is 16.5. The van der Waals surface area contributed by atoms with Gasteiger partial charge in [-0.1, -0.05) is 18.2 Å². The molecule has 0 bridgehead atoms. The third-order valence-electron chi connectivity index (χ3n) is 3.76. The second kappa shape index (κ2) is 7.48. The Kier molecular flexibility index (Phi) is 5.63. The summed E-state index contributed by atoms with van der Waals surface area (Å²) in [4.78, 5) is 2.41. The first-order valence-electron chi connectivity index (χ1n) is 7.07. The van der Waals surface area contributed by atoms with E-state index in [2.05, 4.69) is 4.90 Å². The highest BCUT2D eigenvalue weighted by molar-refractivity contribution is 5.32. The minimum atomic E-state index is 0.304. The lowest BCUT2D eigenvalue weighted by molar-refractivity contribution is 0.221. The maximum Gasteiger partial charge on any atom is 0.123 e. The fourth-order valence-electron chi connectivity index (χ4n) is 2.63. The number of nitrogens with two attached hydrogens (primary N) is 1. The average Bonchev–Trinajstić information content (AvgIpc) is 2.87. The molecule has 0 amide bonds. The monoisotopic (exact) mass is 264 g/mol. The average molecular weight is 264 g/mol. The van der Waals surface area contributed by atoms with E-state index >= 15 is 0 Å². The van der Waals surface area contributed by atoms with Crippen molar-refractivity contribution in [2.24, 2.45) is 11.7 Å². The van der Waals surface area contributed by atoms with E-state index < -0.39 is 0 Å². The summed E-state index contributed by atoms with van der Waals surface area (Å²) >= 11 is 0. The van der Waals surface area contributed by atoms with E-state index in [-0.39, 0.29) is 0 Å². The van der Waals surface area contributed by atoms with E-state index in [9.17, 15) is 0 Å². The van der Waals surface area contributed by atoms with Crippen molar-refractivity contribution in [3.63, 3.8) is 0 Å². The van der Waals surface area contributed by atoms with Gasteiger partial charge in [0.05, 0.1) is 0 Å². The molecule has 4 nitrogen and oxygen atoms in total. The van der Waals surface area contributed by atoms with Crippen molar-refractivity contribution < 1.29 is 9.84 Å². The van der Waals surface area contributed by atoms with Gasteiger partial charge in [-0.05, 0) is 31.4 Å². The molecule has 106 valence electrons. The SMILES string of the molecule is NCc1ccccc1OCCN1CCC(CCO)C1. The number of aliphatic hydroxyl groups is 1. The molecule has 19 heavy (non-hydrogen) atoms. The zero-order chi connectivity index (χ0) is 13.5. The number of likely N-dealkylation sites (tertiary alicyclic amines) is 1. The number of para-hydroxylation sites is 1. The quantitative estimate of drug-likeness (QED) is 0.777. The minimum absolute atomic E-state index is 0.304. The van der Waals surface area contributed by atoms with Crippen molar-refractivity contribution in [2.45, 2.75) is 19.4 Å². The first-order chi connectivity index (χ1) is 9.33. The third-order valence-corrected chi connectivity index (χ3v) is 3.76. The smallest absolute Gasteiger partial charge is 0.123 e. The number of aliphatic hydroxyl groups excluding tert-OH is 1.